The Labute approximate surface area is 85.8 Å². The number of nitrogens with two attached hydrogens (primary N) is 1. The summed E-state index contributed by atoms with van der Waals surface area (Å²) < 4.78 is 0.790. The molecule has 0 aliphatic heterocycles. The monoisotopic (exact) mass is 209 g/mol. The number of hydrogen-bond donors (Lipinski definition) is 1. The molecule has 2 N–H and O–H groups in total. The third kappa shape index (κ3) is 1.55. The first-order chi connectivity index (χ1) is 6.29. The quantitative estimate of drug-likeness (QED) is 0.713. The van der Waals surface area contributed by atoms with Crippen molar-refractivity contribution in [3.05, 3.63) is 40.0 Å². The number of rotatable bonds is 1. The van der Waals surface area contributed by atoms with Crippen molar-refractivity contribution in [3.63, 3.8) is 0 Å². The Bertz CT molecular complexity index is 422. The Hall–Kier alpha value is -0.990. The van der Waals surface area contributed by atoms with E-state index in [9.17, 15) is 0 Å². The van der Waals surface area contributed by atoms with E-state index in [0.29, 0.717) is 0 Å². The zero-order chi connectivity index (χ0) is 9.26. The fraction of sp³-hybridized carbons (Fsp3) is 0. The van der Waals surface area contributed by atoms with Crippen LogP contribution >= 0.6 is 22.9 Å². The molecule has 0 bridgehead atoms. The lowest BCUT2D eigenvalue weighted by molar-refractivity contribution is 1.66. The number of para-hydroxylation sites is 1. The zero-order valence-corrected chi connectivity index (χ0v) is 8.40. The largest absolute Gasteiger partial charge is 0.398 e. The molecule has 0 aliphatic rings. The lowest BCUT2D eigenvalue weighted by atomic mass is 10.1. The molecule has 0 saturated carbocycles. The molecule has 1 heterocycles. The summed E-state index contributed by atoms with van der Waals surface area (Å²) in [4.78, 5) is 0. The van der Waals surface area contributed by atoms with Gasteiger partial charge in [-0.2, -0.15) is 0 Å². The first-order valence-corrected chi connectivity index (χ1v) is 5.12. The molecule has 0 unspecified atom stereocenters. The number of anilines is 1. The topological polar surface area (TPSA) is 26.0 Å². The van der Waals surface area contributed by atoms with E-state index in [2.05, 4.69) is 0 Å². The van der Waals surface area contributed by atoms with Crippen molar-refractivity contribution < 1.29 is 0 Å². The summed E-state index contributed by atoms with van der Waals surface area (Å²) in [5.41, 5.74) is 8.62. The number of halogens is 1. The molecule has 3 heteroatoms. The normalized spacial score (nSPS) is 10.2. The van der Waals surface area contributed by atoms with E-state index in [1.165, 1.54) is 11.3 Å². The number of thiophene rings is 1. The van der Waals surface area contributed by atoms with Gasteiger partial charge in [0.15, 0.2) is 0 Å². The van der Waals surface area contributed by atoms with E-state index in [4.69, 9.17) is 17.3 Å². The van der Waals surface area contributed by atoms with Gasteiger partial charge in [0.05, 0.1) is 0 Å². The minimum atomic E-state index is 0.766. The van der Waals surface area contributed by atoms with Gasteiger partial charge in [0.1, 0.15) is 4.34 Å². The third-order valence-electron chi connectivity index (χ3n) is 1.87. The summed E-state index contributed by atoms with van der Waals surface area (Å²) in [6, 6.07) is 9.71. The Morgan fingerprint density at radius 2 is 1.85 bits per heavy atom. The second kappa shape index (κ2) is 3.40. The van der Waals surface area contributed by atoms with E-state index in [1.807, 2.05) is 35.7 Å². The average Bonchev–Trinajstić information content (AvgIpc) is 2.52. The van der Waals surface area contributed by atoms with Crippen LogP contribution in [0.25, 0.3) is 11.1 Å². The molecule has 1 aromatic carbocycles. The van der Waals surface area contributed by atoms with Gasteiger partial charge in [-0.25, -0.2) is 0 Å². The first kappa shape index (κ1) is 8.60. The second-order valence-electron chi connectivity index (χ2n) is 2.70. The van der Waals surface area contributed by atoms with Gasteiger partial charge in [-0.05, 0) is 17.5 Å². The molecule has 0 saturated heterocycles. The molecule has 0 amide bonds. The van der Waals surface area contributed by atoms with Crippen LogP contribution in [0.2, 0.25) is 4.34 Å². The summed E-state index contributed by atoms with van der Waals surface area (Å²) in [7, 11) is 0. The molecule has 66 valence electrons. The molecule has 0 radical (unpaired) electrons. The number of benzene rings is 1. The summed E-state index contributed by atoms with van der Waals surface area (Å²) in [6.45, 7) is 0. The van der Waals surface area contributed by atoms with Crippen LogP contribution in [0.1, 0.15) is 0 Å². The lowest BCUT2D eigenvalue weighted by Gasteiger charge is -2.02. The number of nitrogen functional groups attached to an aromatic ring is 1. The fourth-order valence-corrected chi connectivity index (χ4v) is 2.18. The Morgan fingerprint density at radius 1 is 1.08 bits per heavy atom. The molecule has 1 aromatic heterocycles. The molecular weight excluding hydrogens is 202 g/mol. The van der Waals surface area contributed by atoms with Crippen molar-refractivity contribution in [1.29, 1.82) is 0 Å². The summed E-state index contributed by atoms with van der Waals surface area (Å²) in [5, 5.41) is 1.96. The number of hydrogen-bond acceptors (Lipinski definition) is 2. The lowest BCUT2D eigenvalue weighted by Crippen LogP contribution is -1.87. The molecule has 0 atom stereocenters. The van der Waals surface area contributed by atoms with Gasteiger partial charge in [-0.1, -0.05) is 29.8 Å². The standard InChI is InChI=1S/C10H8ClNS/c11-10-8(5-6-13-10)7-3-1-2-4-9(7)12/h1-6H,12H2. The molecule has 2 rings (SSSR count). The molecular formula is C10H8ClNS. The predicted molar refractivity (Wildman–Crippen MR) is 59.2 cm³/mol. The second-order valence-corrected chi connectivity index (χ2v) is 4.21. The summed E-state index contributed by atoms with van der Waals surface area (Å²) in [5.74, 6) is 0. The van der Waals surface area contributed by atoms with Gasteiger partial charge in [-0.15, -0.1) is 11.3 Å². The van der Waals surface area contributed by atoms with Crippen molar-refractivity contribution in [2.24, 2.45) is 0 Å². The maximum absolute atomic E-state index is 6.01. The van der Waals surface area contributed by atoms with Crippen molar-refractivity contribution in [1.82, 2.24) is 0 Å². The first-order valence-electron chi connectivity index (χ1n) is 3.87. The smallest absolute Gasteiger partial charge is 0.101 e. The highest BCUT2D eigenvalue weighted by molar-refractivity contribution is 7.15. The Kier molecular flexibility index (Phi) is 2.25. The zero-order valence-electron chi connectivity index (χ0n) is 6.83. The molecule has 0 fully saturated rings. The predicted octanol–water partition coefficient (Wildman–Crippen LogP) is 3.65. The van der Waals surface area contributed by atoms with Crippen LogP contribution < -0.4 is 5.73 Å². The van der Waals surface area contributed by atoms with Crippen molar-refractivity contribution in [2.45, 2.75) is 0 Å². The highest BCUT2D eigenvalue weighted by Crippen LogP contribution is 2.35. The maximum Gasteiger partial charge on any atom is 0.101 e. The third-order valence-corrected chi connectivity index (χ3v) is 3.04. The van der Waals surface area contributed by atoms with Gasteiger partial charge < -0.3 is 5.73 Å². The summed E-state index contributed by atoms with van der Waals surface area (Å²) in [6.07, 6.45) is 0. The van der Waals surface area contributed by atoms with E-state index in [1.54, 1.807) is 0 Å². The Balaban J connectivity index is 2.59. The van der Waals surface area contributed by atoms with Gasteiger partial charge in [0.25, 0.3) is 0 Å². The minimum absolute atomic E-state index is 0.766. The van der Waals surface area contributed by atoms with E-state index in [-0.39, 0.29) is 0 Å². The average molecular weight is 210 g/mol. The van der Waals surface area contributed by atoms with Crippen molar-refractivity contribution >= 4 is 28.6 Å². The highest BCUT2D eigenvalue weighted by Gasteiger charge is 2.06. The van der Waals surface area contributed by atoms with E-state index >= 15 is 0 Å². The van der Waals surface area contributed by atoms with E-state index in [0.717, 1.165) is 21.2 Å². The van der Waals surface area contributed by atoms with Crippen LogP contribution in [0.3, 0.4) is 0 Å². The molecule has 0 aliphatic carbocycles. The molecule has 1 nitrogen and oxygen atoms in total. The van der Waals surface area contributed by atoms with Gasteiger partial charge in [0.2, 0.25) is 0 Å². The van der Waals surface area contributed by atoms with Crippen LogP contribution in [0.5, 0.6) is 0 Å². The van der Waals surface area contributed by atoms with Crippen LogP contribution in [-0.4, -0.2) is 0 Å². The van der Waals surface area contributed by atoms with Crippen molar-refractivity contribution in [2.75, 3.05) is 5.73 Å². The molecule has 13 heavy (non-hydrogen) atoms. The van der Waals surface area contributed by atoms with Crippen LogP contribution in [0.4, 0.5) is 5.69 Å². The van der Waals surface area contributed by atoms with Crippen LogP contribution in [-0.2, 0) is 0 Å². The fourth-order valence-electron chi connectivity index (χ4n) is 1.23. The van der Waals surface area contributed by atoms with Gasteiger partial charge in [0, 0.05) is 16.8 Å². The van der Waals surface area contributed by atoms with Gasteiger partial charge in [-0.3, -0.25) is 0 Å². The molecule has 0 spiro atoms. The van der Waals surface area contributed by atoms with Crippen LogP contribution in [0.15, 0.2) is 35.7 Å². The molecule has 2 aromatic rings. The highest BCUT2D eigenvalue weighted by atomic mass is 35.5. The van der Waals surface area contributed by atoms with E-state index < -0.39 is 0 Å². The Morgan fingerprint density at radius 3 is 2.46 bits per heavy atom. The maximum atomic E-state index is 6.01. The SMILES string of the molecule is Nc1ccccc1-c1ccsc1Cl. The van der Waals surface area contributed by atoms with Crippen LogP contribution in [0, 0.1) is 0 Å². The minimum Gasteiger partial charge on any atom is -0.398 e. The summed E-state index contributed by atoms with van der Waals surface area (Å²) >= 11 is 7.53. The van der Waals surface area contributed by atoms with Crippen molar-refractivity contribution in [3.8, 4) is 11.1 Å². The van der Waals surface area contributed by atoms with Gasteiger partial charge >= 0.3 is 0 Å².